The minimum absolute atomic E-state index is 0.462. The number of nitrogens with one attached hydrogen (secondary N) is 2. The number of aromatic nitrogens is 2. The van der Waals surface area contributed by atoms with E-state index in [9.17, 15) is 0 Å². The van der Waals surface area contributed by atoms with Crippen LogP contribution in [0.2, 0.25) is 5.15 Å². The molecule has 0 spiro atoms. The highest BCUT2D eigenvalue weighted by molar-refractivity contribution is 7.80. The Labute approximate surface area is 170 Å². The molecule has 0 unspecified atom stereocenters. The van der Waals surface area contributed by atoms with Crippen LogP contribution >= 0.6 is 23.8 Å². The van der Waals surface area contributed by atoms with Crippen molar-refractivity contribution in [3.05, 3.63) is 51.8 Å². The summed E-state index contributed by atoms with van der Waals surface area (Å²) in [5.41, 5.74) is 6.75. The standard InChI is InChI=1S/C19H26ClN5OS/c1-4-26-11-5-10-21-19(27)23-22-12-17-15(3)24-25(18(17)20)13-16-8-6-14(2)7-9-16/h6-9,12H,4-5,10-11,13H2,1-3H3,(H2,21,23,27)/b22-12-. The van der Waals surface area contributed by atoms with E-state index in [0.717, 1.165) is 36.4 Å². The molecule has 0 bridgehead atoms. The molecule has 27 heavy (non-hydrogen) atoms. The van der Waals surface area contributed by atoms with Crippen molar-refractivity contribution < 1.29 is 4.74 Å². The fraction of sp³-hybridized carbons (Fsp3) is 0.421. The number of hydrogen-bond acceptors (Lipinski definition) is 4. The van der Waals surface area contributed by atoms with Gasteiger partial charge in [-0.2, -0.15) is 10.2 Å². The minimum Gasteiger partial charge on any atom is -0.382 e. The van der Waals surface area contributed by atoms with E-state index in [-0.39, 0.29) is 0 Å². The predicted molar refractivity (Wildman–Crippen MR) is 115 cm³/mol. The van der Waals surface area contributed by atoms with Crippen LogP contribution in [0.25, 0.3) is 0 Å². The summed E-state index contributed by atoms with van der Waals surface area (Å²) in [5.74, 6) is 0. The molecule has 8 heteroatoms. The fourth-order valence-corrected chi connectivity index (χ4v) is 2.84. The number of hydrazone groups is 1. The van der Waals surface area contributed by atoms with Crippen molar-refractivity contribution in [1.82, 2.24) is 20.5 Å². The van der Waals surface area contributed by atoms with Crippen molar-refractivity contribution in [2.75, 3.05) is 19.8 Å². The van der Waals surface area contributed by atoms with Gasteiger partial charge >= 0.3 is 0 Å². The Balaban J connectivity index is 1.89. The number of nitrogens with zero attached hydrogens (tertiary/aromatic N) is 3. The summed E-state index contributed by atoms with van der Waals surface area (Å²) >= 11 is 11.7. The third kappa shape index (κ3) is 6.93. The second kappa shape index (κ2) is 11.0. The molecule has 1 aromatic carbocycles. The van der Waals surface area contributed by atoms with Crippen LogP contribution in [0.5, 0.6) is 0 Å². The molecule has 1 aromatic heterocycles. The minimum atomic E-state index is 0.462. The molecule has 0 saturated carbocycles. The zero-order valence-electron chi connectivity index (χ0n) is 16.0. The normalized spacial score (nSPS) is 11.1. The summed E-state index contributed by atoms with van der Waals surface area (Å²) in [6.45, 7) is 8.73. The lowest BCUT2D eigenvalue weighted by Crippen LogP contribution is -2.33. The van der Waals surface area contributed by atoms with Crippen molar-refractivity contribution in [3.8, 4) is 0 Å². The average molecular weight is 408 g/mol. The van der Waals surface area contributed by atoms with E-state index in [0.29, 0.717) is 23.4 Å². The summed E-state index contributed by atoms with van der Waals surface area (Å²) < 4.78 is 7.05. The molecule has 0 aliphatic heterocycles. The Morgan fingerprint density at radius 1 is 1.33 bits per heavy atom. The van der Waals surface area contributed by atoms with Gasteiger partial charge in [0.15, 0.2) is 5.11 Å². The first-order valence-electron chi connectivity index (χ1n) is 8.94. The average Bonchev–Trinajstić information content (AvgIpc) is 2.91. The van der Waals surface area contributed by atoms with Crippen molar-refractivity contribution >= 4 is 35.1 Å². The Morgan fingerprint density at radius 2 is 2.07 bits per heavy atom. The first-order valence-corrected chi connectivity index (χ1v) is 9.73. The van der Waals surface area contributed by atoms with Crippen LogP contribution in [0, 0.1) is 13.8 Å². The summed E-state index contributed by atoms with van der Waals surface area (Å²) in [4.78, 5) is 0. The van der Waals surface area contributed by atoms with E-state index < -0.39 is 0 Å². The van der Waals surface area contributed by atoms with E-state index in [1.54, 1.807) is 10.9 Å². The van der Waals surface area contributed by atoms with Crippen molar-refractivity contribution in [2.24, 2.45) is 5.10 Å². The van der Waals surface area contributed by atoms with Crippen LogP contribution in [0.1, 0.15) is 35.7 Å². The van der Waals surface area contributed by atoms with Gasteiger partial charge in [0, 0.05) is 19.8 Å². The van der Waals surface area contributed by atoms with Gasteiger partial charge in [-0.15, -0.1) is 0 Å². The Hall–Kier alpha value is -1.96. The van der Waals surface area contributed by atoms with Crippen LogP contribution in [-0.2, 0) is 11.3 Å². The van der Waals surface area contributed by atoms with E-state index in [4.69, 9.17) is 28.6 Å². The molecule has 6 nitrogen and oxygen atoms in total. The number of benzene rings is 1. The van der Waals surface area contributed by atoms with E-state index in [1.807, 2.05) is 13.8 Å². The van der Waals surface area contributed by atoms with Gasteiger partial charge in [0.05, 0.1) is 24.0 Å². The first kappa shape index (κ1) is 21.3. The molecule has 2 rings (SSSR count). The Morgan fingerprint density at radius 3 is 2.78 bits per heavy atom. The molecule has 2 N–H and O–H groups in total. The lowest BCUT2D eigenvalue weighted by Gasteiger charge is -2.06. The molecule has 0 fully saturated rings. The van der Waals surface area contributed by atoms with Crippen LogP contribution in [0.4, 0.5) is 0 Å². The summed E-state index contributed by atoms with van der Waals surface area (Å²) in [6, 6.07) is 8.31. The van der Waals surface area contributed by atoms with Crippen molar-refractivity contribution in [2.45, 2.75) is 33.7 Å². The zero-order chi connectivity index (χ0) is 19.6. The number of hydrogen-bond donors (Lipinski definition) is 2. The second-order valence-corrected chi connectivity index (χ2v) is 6.88. The highest BCUT2D eigenvalue weighted by Crippen LogP contribution is 2.19. The molecule has 0 amide bonds. The van der Waals surface area contributed by atoms with Crippen molar-refractivity contribution in [3.63, 3.8) is 0 Å². The number of rotatable bonds is 9. The van der Waals surface area contributed by atoms with Gasteiger partial charge in [0.1, 0.15) is 5.15 Å². The molecule has 0 radical (unpaired) electrons. The van der Waals surface area contributed by atoms with Gasteiger partial charge in [0.2, 0.25) is 0 Å². The summed E-state index contributed by atoms with van der Waals surface area (Å²) in [7, 11) is 0. The van der Waals surface area contributed by atoms with Gasteiger partial charge in [-0.25, -0.2) is 4.68 Å². The maximum Gasteiger partial charge on any atom is 0.186 e. The first-order chi connectivity index (χ1) is 13.0. The smallest absolute Gasteiger partial charge is 0.186 e. The number of ether oxygens (including phenoxy) is 1. The summed E-state index contributed by atoms with van der Waals surface area (Å²) in [6.07, 6.45) is 2.53. The number of halogens is 1. The largest absolute Gasteiger partial charge is 0.382 e. The van der Waals surface area contributed by atoms with Gasteiger partial charge in [-0.3, -0.25) is 5.43 Å². The van der Waals surface area contributed by atoms with Crippen LogP contribution in [0.15, 0.2) is 29.4 Å². The maximum atomic E-state index is 6.48. The third-order valence-corrected chi connectivity index (χ3v) is 4.51. The number of thiocarbonyl (C=S) groups is 1. The zero-order valence-corrected chi connectivity index (χ0v) is 17.5. The lowest BCUT2D eigenvalue weighted by atomic mass is 10.1. The second-order valence-electron chi connectivity index (χ2n) is 6.11. The molecule has 1 heterocycles. The fourth-order valence-electron chi connectivity index (χ4n) is 2.40. The topological polar surface area (TPSA) is 63.5 Å². The van der Waals surface area contributed by atoms with Crippen LogP contribution < -0.4 is 10.7 Å². The molecule has 0 atom stereocenters. The quantitative estimate of drug-likeness (QED) is 0.288. The SMILES string of the molecule is CCOCCCNC(=S)N/N=C\c1c(C)nn(Cc2ccc(C)cc2)c1Cl. The predicted octanol–water partition coefficient (Wildman–Crippen LogP) is 3.43. The van der Waals surface area contributed by atoms with Gasteiger partial charge in [0.25, 0.3) is 0 Å². The monoisotopic (exact) mass is 407 g/mol. The maximum absolute atomic E-state index is 6.48. The highest BCUT2D eigenvalue weighted by atomic mass is 35.5. The summed E-state index contributed by atoms with van der Waals surface area (Å²) in [5, 5.41) is 12.8. The molecule has 0 aliphatic carbocycles. The molecule has 0 aliphatic rings. The number of aryl methyl sites for hydroxylation is 2. The highest BCUT2D eigenvalue weighted by Gasteiger charge is 2.12. The molecule has 146 valence electrons. The van der Waals surface area contributed by atoms with E-state index in [1.165, 1.54) is 5.56 Å². The van der Waals surface area contributed by atoms with Gasteiger partial charge < -0.3 is 10.1 Å². The molecular formula is C19H26ClN5OS. The lowest BCUT2D eigenvalue weighted by molar-refractivity contribution is 0.145. The van der Waals surface area contributed by atoms with Crippen LogP contribution in [0.3, 0.4) is 0 Å². The molecular weight excluding hydrogens is 382 g/mol. The molecule has 0 saturated heterocycles. The van der Waals surface area contributed by atoms with E-state index in [2.05, 4.69) is 52.1 Å². The van der Waals surface area contributed by atoms with Crippen molar-refractivity contribution in [1.29, 1.82) is 0 Å². The third-order valence-electron chi connectivity index (χ3n) is 3.88. The molecule has 2 aromatic rings. The van der Waals surface area contributed by atoms with Gasteiger partial charge in [-0.1, -0.05) is 41.4 Å². The Kier molecular flexibility index (Phi) is 8.71. The van der Waals surface area contributed by atoms with E-state index >= 15 is 0 Å². The Bertz CT molecular complexity index is 773. The van der Waals surface area contributed by atoms with Gasteiger partial charge in [-0.05, 0) is 45.0 Å². The van der Waals surface area contributed by atoms with Crippen LogP contribution in [-0.4, -0.2) is 40.9 Å².